The van der Waals surface area contributed by atoms with Crippen LogP contribution in [0.1, 0.15) is 12.5 Å². The van der Waals surface area contributed by atoms with E-state index < -0.39 is 6.09 Å². The zero-order chi connectivity index (χ0) is 12.1. The van der Waals surface area contributed by atoms with Gasteiger partial charge >= 0.3 is 6.09 Å². The fourth-order valence-corrected chi connectivity index (χ4v) is 1.52. The monoisotopic (exact) mass is 234 g/mol. The number of nitrogens with one attached hydrogen (secondary N) is 2. The van der Waals surface area contributed by atoms with Gasteiger partial charge in [-0.05, 0) is 25.1 Å². The molecular formula is C12H14N2O3. The van der Waals surface area contributed by atoms with Crippen LogP contribution in [0.2, 0.25) is 0 Å². The molecule has 0 aromatic heterocycles. The van der Waals surface area contributed by atoms with Gasteiger partial charge in [0.15, 0.2) is 0 Å². The topological polar surface area (TPSA) is 59.6 Å². The summed E-state index contributed by atoms with van der Waals surface area (Å²) in [5, 5.41) is 2.53. The molecule has 0 radical (unpaired) electrons. The van der Waals surface area contributed by atoms with Crippen molar-refractivity contribution < 1.29 is 14.4 Å². The largest absolute Gasteiger partial charge is 0.489 e. The Bertz CT molecular complexity index is 443. The number of benzene rings is 1. The van der Waals surface area contributed by atoms with Crippen molar-refractivity contribution in [2.45, 2.75) is 6.92 Å². The van der Waals surface area contributed by atoms with Crippen LogP contribution < -0.4 is 15.5 Å². The zero-order valence-electron chi connectivity index (χ0n) is 9.53. The van der Waals surface area contributed by atoms with Gasteiger partial charge in [0.25, 0.3) is 0 Å². The molecular weight excluding hydrogens is 220 g/mol. The van der Waals surface area contributed by atoms with E-state index in [1.54, 1.807) is 0 Å². The molecule has 0 spiro atoms. The minimum atomic E-state index is -0.502. The van der Waals surface area contributed by atoms with Crippen LogP contribution >= 0.6 is 0 Å². The van der Waals surface area contributed by atoms with Crippen LogP contribution in [0, 0.1) is 0 Å². The first-order chi connectivity index (χ1) is 8.31. The van der Waals surface area contributed by atoms with Crippen LogP contribution in [0.15, 0.2) is 30.3 Å². The van der Waals surface area contributed by atoms with Crippen LogP contribution in [-0.2, 0) is 4.84 Å². The van der Waals surface area contributed by atoms with Gasteiger partial charge in [0.1, 0.15) is 12.4 Å². The van der Waals surface area contributed by atoms with E-state index in [0.717, 1.165) is 17.0 Å². The third kappa shape index (κ3) is 2.69. The van der Waals surface area contributed by atoms with E-state index in [2.05, 4.69) is 10.8 Å². The lowest BCUT2D eigenvalue weighted by molar-refractivity contribution is 0.116. The molecule has 1 aliphatic heterocycles. The van der Waals surface area contributed by atoms with E-state index in [1.165, 1.54) is 0 Å². The Hall–Kier alpha value is -2.17. The fraction of sp³-hybridized carbons (Fsp3) is 0.250. The quantitative estimate of drug-likeness (QED) is 0.781. The number of amides is 1. The summed E-state index contributed by atoms with van der Waals surface area (Å²) in [7, 11) is 0. The van der Waals surface area contributed by atoms with Gasteiger partial charge in [-0.3, -0.25) is 0 Å². The number of para-hydroxylation sites is 1. The maximum Gasteiger partial charge on any atom is 0.431 e. The summed E-state index contributed by atoms with van der Waals surface area (Å²) < 4.78 is 5.44. The van der Waals surface area contributed by atoms with Crippen molar-refractivity contribution in [2.75, 3.05) is 13.2 Å². The molecule has 0 aliphatic carbocycles. The molecule has 5 heteroatoms. The molecule has 1 aromatic carbocycles. The lowest BCUT2D eigenvalue weighted by atomic mass is 10.1. The van der Waals surface area contributed by atoms with Gasteiger partial charge in [-0.1, -0.05) is 12.1 Å². The van der Waals surface area contributed by atoms with E-state index in [0.29, 0.717) is 13.2 Å². The predicted molar refractivity (Wildman–Crippen MR) is 63.2 cm³/mol. The second-order valence-electron chi connectivity index (χ2n) is 3.45. The van der Waals surface area contributed by atoms with Gasteiger partial charge < -0.3 is 14.9 Å². The Kier molecular flexibility index (Phi) is 3.49. The number of ether oxygens (including phenoxy) is 1. The average molecular weight is 234 g/mol. The molecule has 5 nitrogen and oxygen atoms in total. The van der Waals surface area contributed by atoms with Crippen molar-refractivity contribution in [3.05, 3.63) is 35.9 Å². The molecule has 17 heavy (non-hydrogen) atoms. The van der Waals surface area contributed by atoms with Crippen molar-refractivity contribution in [1.82, 2.24) is 10.8 Å². The van der Waals surface area contributed by atoms with Gasteiger partial charge in [0.05, 0.1) is 5.70 Å². The fourth-order valence-electron chi connectivity index (χ4n) is 1.52. The molecule has 1 aromatic rings. The van der Waals surface area contributed by atoms with E-state index in [1.807, 2.05) is 37.3 Å². The van der Waals surface area contributed by atoms with Crippen molar-refractivity contribution >= 4 is 11.8 Å². The van der Waals surface area contributed by atoms with Crippen LogP contribution in [0.25, 0.3) is 5.70 Å². The molecule has 0 fully saturated rings. The molecule has 0 unspecified atom stereocenters. The highest BCUT2D eigenvalue weighted by Gasteiger charge is 2.13. The lowest BCUT2D eigenvalue weighted by Crippen LogP contribution is -2.30. The first kappa shape index (κ1) is 11.3. The third-order valence-corrected chi connectivity index (χ3v) is 2.28. The summed E-state index contributed by atoms with van der Waals surface area (Å²) in [6, 6.07) is 7.56. The van der Waals surface area contributed by atoms with Crippen molar-refractivity contribution in [2.24, 2.45) is 0 Å². The summed E-state index contributed by atoms with van der Waals surface area (Å²) in [6.45, 7) is 2.81. The lowest BCUT2D eigenvalue weighted by Gasteiger charge is -2.18. The van der Waals surface area contributed by atoms with E-state index in [4.69, 9.17) is 9.57 Å². The van der Waals surface area contributed by atoms with E-state index in [-0.39, 0.29) is 0 Å². The first-order valence-electron chi connectivity index (χ1n) is 5.44. The molecule has 1 amide bonds. The molecule has 0 bridgehead atoms. The molecule has 2 rings (SSSR count). The van der Waals surface area contributed by atoms with Gasteiger partial charge in [0.2, 0.25) is 0 Å². The Balaban J connectivity index is 2.02. The number of carbonyl (C=O) groups is 1. The Morgan fingerprint density at radius 1 is 1.47 bits per heavy atom. The summed E-state index contributed by atoms with van der Waals surface area (Å²) in [4.78, 5) is 16.0. The zero-order valence-corrected chi connectivity index (χ0v) is 9.53. The highest BCUT2D eigenvalue weighted by atomic mass is 16.7. The summed E-state index contributed by atoms with van der Waals surface area (Å²) in [5.41, 5.74) is 4.24. The molecule has 0 saturated heterocycles. The predicted octanol–water partition coefficient (Wildman–Crippen LogP) is 1.67. The molecule has 1 heterocycles. The Morgan fingerprint density at radius 2 is 2.29 bits per heavy atom. The van der Waals surface area contributed by atoms with Crippen molar-refractivity contribution in [3.63, 3.8) is 0 Å². The summed E-state index contributed by atoms with van der Waals surface area (Å²) in [5.74, 6) is 0.775. The molecule has 0 atom stereocenters. The SMILES string of the molecule is CCNC(=O)ONC1=CCOc2ccccc21. The molecule has 0 saturated carbocycles. The van der Waals surface area contributed by atoms with Crippen molar-refractivity contribution in [3.8, 4) is 5.75 Å². The number of hydrogen-bond acceptors (Lipinski definition) is 4. The number of hydroxylamine groups is 1. The number of carbonyl (C=O) groups excluding carboxylic acids is 1. The molecule has 1 aliphatic rings. The second kappa shape index (κ2) is 5.25. The number of rotatable bonds is 3. The van der Waals surface area contributed by atoms with Gasteiger partial charge in [-0.2, -0.15) is 0 Å². The van der Waals surface area contributed by atoms with Crippen LogP contribution in [0.5, 0.6) is 5.75 Å². The van der Waals surface area contributed by atoms with Crippen molar-refractivity contribution in [1.29, 1.82) is 0 Å². The average Bonchev–Trinajstić information content (AvgIpc) is 2.36. The Labute approximate surface area is 99.4 Å². The summed E-state index contributed by atoms with van der Waals surface area (Å²) in [6.07, 6.45) is 1.32. The molecule has 90 valence electrons. The third-order valence-electron chi connectivity index (χ3n) is 2.28. The maximum absolute atomic E-state index is 11.1. The van der Waals surface area contributed by atoms with Gasteiger partial charge in [0, 0.05) is 12.1 Å². The minimum Gasteiger partial charge on any atom is -0.489 e. The smallest absolute Gasteiger partial charge is 0.431 e. The minimum absolute atomic E-state index is 0.456. The van der Waals surface area contributed by atoms with E-state index >= 15 is 0 Å². The van der Waals surface area contributed by atoms with Gasteiger partial charge in [-0.25, -0.2) is 10.3 Å². The van der Waals surface area contributed by atoms with Crippen LogP contribution in [0.4, 0.5) is 4.79 Å². The van der Waals surface area contributed by atoms with Crippen LogP contribution in [0.3, 0.4) is 0 Å². The highest BCUT2D eigenvalue weighted by Crippen LogP contribution is 2.27. The van der Waals surface area contributed by atoms with E-state index in [9.17, 15) is 4.79 Å². The van der Waals surface area contributed by atoms with Crippen LogP contribution in [-0.4, -0.2) is 19.2 Å². The standard InChI is InChI=1S/C12H14N2O3/c1-2-13-12(15)17-14-10-7-8-16-11-6-4-3-5-9(10)11/h3-7,14H,2,8H2,1H3,(H,13,15). The number of fused-ring (bicyclic) bond motifs is 1. The maximum atomic E-state index is 11.1. The second-order valence-corrected chi connectivity index (χ2v) is 3.45. The first-order valence-corrected chi connectivity index (χ1v) is 5.44. The Morgan fingerprint density at radius 3 is 3.12 bits per heavy atom. The highest BCUT2D eigenvalue weighted by molar-refractivity contribution is 5.72. The summed E-state index contributed by atoms with van der Waals surface area (Å²) >= 11 is 0. The molecule has 2 N–H and O–H groups in total. The number of hydrogen-bond donors (Lipinski definition) is 2. The van der Waals surface area contributed by atoms with Gasteiger partial charge in [-0.15, -0.1) is 0 Å². The normalized spacial score (nSPS) is 12.9.